The SMILES string of the molecule is CC/C=C\C/C=C\C/C=C\C/C=C\C/C=C\C/C=C\CCCCCCCCCCCCCCCCCCCCCCCCC(=O)OC(COC(=O)CCCCCCCCCCCC/C=C\C/C=C\C/C=C\C/C=C\CC)COC(OCC[N+](C)(C)C)C(=O)O. The van der Waals surface area contributed by atoms with Gasteiger partial charge in [0.05, 0.1) is 34.4 Å². The van der Waals surface area contributed by atoms with Crippen LogP contribution in [0.5, 0.6) is 0 Å². The van der Waals surface area contributed by atoms with Crippen molar-refractivity contribution >= 4 is 17.9 Å². The number of quaternary nitrogens is 1. The molecule has 0 saturated carbocycles. The summed E-state index contributed by atoms with van der Waals surface area (Å²) in [6.07, 6.45) is 96.1. The minimum Gasteiger partial charge on any atom is -0.477 e. The van der Waals surface area contributed by atoms with Gasteiger partial charge in [-0.15, -0.1) is 0 Å². The number of rotatable bonds is 67. The van der Waals surface area contributed by atoms with Gasteiger partial charge in [0.15, 0.2) is 6.10 Å². The number of esters is 2. The van der Waals surface area contributed by atoms with Gasteiger partial charge in [0.25, 0.3) is 6.29 Å². The molecule has 89 heavy (non-hydrogen) atoms. The van der Waals surface area contributed by atoms with Crippen molar-refractivity contribution in [1.82, 2.24) is 0 Å². The molecule has 0 radical (unpaired) electrons. The predicted octanol–water partition coefficient (Wildman–Crippen LogP) is 23.1. The van der Waals surface area contributed by atoms with Crippen LogP contribution >= 0.6 is 0 Å². The number of hydrogen-bond acceptors (Lipinski definition) is 7. The highest BCUT2D eigenvalue weighted by atomic mass is 16.7. The fourth-order valence-corrected chi connectivity index (χ4v) is 10.2. The van der Waals surface area contributed by atoms with Gasteiger partial charge in [0.2, 0.25) is 0 Å². The third kappa shape index (κ3) is 71.0. The van der Waals surface area contributed by atoms with Crippen molar-refractivity contribution in [2.24, 2.45) is 0 Å². The molecule has 0 amide bonds. The minimum atomic E-state index is -1.52. The first-order valence-corrected chi connectivity index (χ1v) is 36.7. The summed E-state index contributed by atoms with van der Waals surface area (Å²) < 4.78 is 23.0. The summed E-state index contributed by atoms with van der Waals surface area (Å²) in [5.74, 6) is -2.00. The van der Waals surface area contributed by atoms with Crippen LogP contribution in [-0.4, -0.2) is 87.4 Å². The predicted molar refractivity (Wildman–Crippen MR) is 382 cm³/mol. The molecule has 0 aliphatic carbocycles. The number of nitrogens with zero attached hydrogens (tertiary/aromatic N) is 1. The number of aliphatic carboxylic acids is 1. The Balaban J connectivity index is 4.02. The lowest BCUT2D eigenvalue weighted by molar-refractivity contribution is -0.870. The van der Waals surface area contributed by atoms with Crippen LogP contribution in [0.2, 0.25) is 0 Å². The first-order valence-electron chi connectivity index (χ1n) is 36.7. The molecular formula is C80H138NO8+. The van der Waals surface area contributed by atoms with Crippen molar-refractivity contribution in [2.45, 2.75) is 322 Å². The van der Waals surface area contributed by atoms with Gasteiger partial charge in [-0.3, -0.25) is 9.59 Å². The summed E-state index contributed by atoms with van der Waals surface area (Å²) in [6.45, 7) is 4.67. The molecule has 0 spiro atoms. The van der Waals surface area contributed by atoms with E-state index in [1.54, 1.807) is 0 Å². The Kier molecular flexibility index (Phi) is 66.2. The molecule has 2 unspecified atom stereocenters. The minimum absolute atomic E-state index is 0.184. The molecule has 0 heterocycles. The average Bonchev–Trinajstić information content (AvgIpc) is 3.64. The second-order valence-electron chi connectivity index (χ2n) is 25.5. The Morgan fingerprint density at radius 1 is 0.337 bits per heavy atom. The molecule has 0 aliphatic heterocycles. The van der Waals surface area contributed by atoms with Gasteiger partial charge in [0.1, 0.15) is 13.2 Å². The highest BCUT2D eigenvalue weighted by molar-refractivity contribution is 5.71. The first kappa shape index (κ1) is 84.7. The van der Waals surface area contributed by atoms with Gasteiger partial charge in [0, 0.05) is 12.8 Å². The standard InChI is InChI=1S/C80H137NO8/c1-6-8-10-12-14-16-18-20-22-24-26-28-30-31-32-33-34-35-36-37-38-39-40-41-42-43-44-45-46-47-49-51-53-55-57-59-61-63-65-67-69-71-78(83)89-76(75-88-80(79(84)85)86-73-72-81(3,4)5)74-87-77(82)70-68-66-64-62-60-58-56-54-52-50-48-29-27-25-23-21-19-17-15-13-11-9-7-2/h8-11,14-17,20-23,26-29,31-32,34-35,76,80H,6-7,12-13,18-19,24-25,30,33,36-75H2,1-5H3/p+1/b10-8-,11-9-,16-14-,17-15-,22-20-,23-21-,28-26-,29-27-,32-31-,35-34-. The number of allylic oxidation sites excluding steroid dienone is 20. The lowest BCUT2D eigenvalue weighted by Gasteiger charge is -2.25. The molecule has 0 fully saturated rings. The molecule has 2 atom stereocenters. The van der Waals surface area contributed by atoms with Gasteiger partial charge in [-0.2, -0.15) is 0 Å². The van der Waals surface area contributed by atoms with E-state index in [0.717, 1.165) is 109 Å². The van der Waals surface area contributed by atoms with E-state index < -0.39 is 24.3 Å². The summed E-state index contributed by atoms with van der Waals surface area (Å²) in [5, 5.41) is 9.75. The topological polar surface area (TPSA) is 108 Å². The summed E-state index contributed by atoms with van der Waals surface area (Å²) in [4.78, 5) is 37.6. The van der Waals surface area contributed by atoms with Crippen molar-refractivity contribution in [3.8, 4) is 0 Å². The van der Waals surface area contributed by atoms with Gasteiger partial charge >= 0.3 is 17.9 Å². The quantitative estimate of drug-likeness (QED) is 0.0211. The molecule has 0 saturated heterocycles. The molecule has 0 aromatic heterocycles. The van der Waals surface area contributed by atoms with E-state index in [4.69, 9.17) is 18.9 Å². The number of carboxylic acids is 1. The molecule has 9 heteroatoms. The zero-order chi connectivity index (χ0) is 64.7. The Labute approximate surface area is 548 Å². The summed E-state index contributed by atoms with van der Waals surface area (Å²) >= 11 is 0. The Hall–Kier alpha value is -4.31. The third-order valence-electron chi connectivity index (χ3n) is 15.7. The molecule has 0 aliphatic rings. The van der Waals surface area contributed by atoms with E-state index in [1.165, 1.54) is 173 Å². The Morgan fingerprint density at radius 3 is 0.899 bits per heavy atom. The van der Waals surface area contributed by atoms with E-state index in [-0.39, 0.29) is 32.2 Å². The van der Waals surface area contributed by atoms with E-state index >= 15 is 0 Å². The molecule has 1 N–H and O–H groups in total. The fraction of sp³-hybridized carbons (Fsp3) is 0.713. The zero-order valence-electron chi connectivity index (χ0n) is 58.3. The van der Waals surface area contributed by atoms with E-state index in [1.807, 2.05) is 21.1 Å². The number of ether oxygens (including phenoxy) is 4. The fourth-order valence-electron chi connectivity index (χ4n) is 10.2. The van der Waals surface area contributed by atoms with Gasteiger partial charge in [-0.25, -0.2) is 4.79 Å². The van der Waals surface area contributed by atoms with Crippen LogP contribution in [0, 0.1) is 0 Å². The monoisotopic (exact) mass is 1240 g/mol. The molecule has 0 aromatic carbocycles. The third-order valence-corrected chi connectivity index (χ3v) is 15.7. The Morgan fingerprint density at radius 2 is 0.607 bits per heavy atom. The molecule has 0 bridgehead atoms. The van der Waals surface area contributed by atoms with Crippen LogP contribution in [0.1, 0.15) is 309 Å². The van der Waals surface area contributed by atoms with Crippen LogP contribution < -0.4 is 0 Å². The maximum absolute atomic E-state index is 13.0. The maximum atomic E-state index is 13.0. The lowest BCUT2D eigenvalue weighted by atomic mass is 10.0. The van der Waals surface area contributed by atoms with E-state index in [0.29, 0.717) is 17.4 Å². The number of carboxylic acid groups (broad SMARTS) is 1. The molecule has 510 valence electrons. The van der Waals surface area contributed by atoms with Crippen LogP contribution in [-0.2, 0) is 33.3 Å². The number of carbonyl (C=O) groups is 3. The number of likely N-dealkylation sites (N-methyl/N-ethyl adjacent to an activating group) is 1. The second kappa shape index (κ2) is 69.6. The van der Waals surface area contributed by atoms with Crippen LogP contribution in [0.4, 0.5) is 0 Å². The van der Waals surface area contributed by atoms with Crippen LogP contribution in [0.3, 0.4) is 0 Å². The van der Waals surface area contributed by atoms with E-state index in [9.17, 15) is 19.5 Å². The number of carbonyl (C=O) groups excluding carboxylic acids is 2. The highest BCUT2D eigenvalue weighted by Crippen LogP contribution is 2.18. The van der Waals surface area contributed by atoms with Crippen molar-refractivity contribution in [1.29, 1.82) is 0 Å². The number of unbranched alkanes of at least 4 members (excludes halogenated alkanes) is 32. The van der Waals surface area contributed by atoms with Crippen molar-refractivity contribution < 1.29 is 42.9 Å². The van der Waals surface area contributed by atoms with E-state index in [2.05, 4.69) is 135 Å². The lowest BCUT2D eigenvalue weighted by Crippen LogP contribution is -2.40. The van der Waals surface area contributed by atoms with Crippen LogP contribution in [0.25, 0.3) is 0 Å². The molecule has 0 aromatic rings. The molecule has 9 nitrogen and oxygen atoms in total. The summed E-state index contributed by atoms with van der Waals surface area (Å²) in [7, 11) is 5.98. The smallest absolute Gasteiger partial charge is 0.361 e. The Bertz CT molecular complexity index is 1880. The molecule has 0 rings (SSSR count). The largest absolute Gasteiger partial charge is 0.477 e. The normalized spacial score (nSPS) is 13.4. The average molecular weight is 1240 g/mol. The number of hydrogen-bond donors (Lipinski definition) is 1. The van der Waals surface area contributed by atoms with Crippen LogP contribution in [0.15, 0.2) is 122 Å². The van der Waals surface area contributed by atoms with Crippen molar-refractivity contribution in [2.75, 3.05) is 47.5 Å². The summed E-state index contributed by atoms with van der Waals surface area (Å²) in [5.41, 5.74) is 0. The van der Waals surface area contributed by atoms with Crippen molar-refractivity contribution in [3.05, 3.63) is 122 Å². The van der Waals surface area contributed by atoms with Gasteiger partial charge in [-0.1, -0.05) is 315 Å². The highest BCUT2D eigenvalue weighted by Gasteiger charge is 2.25. The zero-order valence-corrected chi connectivity index (χ0v) is 58.3. The van der Waals surface area contributed by atoms with Crippen molar-refractivity contribution in [3.63, 3.8) is 0 Å². The van der Waals surface area contributed by atoms with Gasteiger partial charge in [-0.05, 0) is 103 Å². The maximum Gasteiger partial charge on any atom is 0.361 e. The second-order valence-corrected chi connectivity index (χ2v) is 25.5. The summed E-state index contributed by atoms with van der Waals surface area (Å²) in [6, 6.07) is 0. The first-order chi connectivity index (χ1) is 43.6. The molecular weight excluding hydrogens is 1100 g/mol. The van der Waals surface area contributed by atoms with Gasteiger partial charge < -0.3 is 28.5 Å².